The summed E-state index contributed by atoms with van der Waals surface area (Å²) in [6.45, 7) is 6.93. The van der Waals surface area contributed by atoms with Gasteiger partial charge in [0.25, 0.3) is 0 Å². The van der Waals surface area contributed by atoms with Crippen molar-refractivity contribution in [1.82, 2.24) is 0 Å². The maximum Gasteiger partial charge on any atom is 0.341 e. The van der Waals surface area contributed by atoms with Crippen LogP contribution >= 0.6 is 11.3 Å². The van der Waals surface area contributed by atoms with Gasteiger partial charge in [0.05, 0.1) is 25.4 Å². The molecule has 0 spiro atoms. The summed E-state index contributed by atoms with van der Waals surface area (Å²) in [5.41, 5.74) is 0.416. The Kier molecular flexibility index (Phi) is 8.81. The number of rotatable bonds is 11. The van der Waals surface area contributed by atoms with Crippen molar-refractivity contribution in [3.63, 3.8) is 0 Å². The standard InChI is InChI=1S/C21H27NO5S/c1-4-15-14-16(21(24)26-6-3)20(28-15)22-19(23)12-9-13-27-18-11-8-7-10-17(18)25-5-2/h7-8,10-11,14H,4-6,9,12-13H2,1-3H3,(H,22,23). The molecular formula is C21H27NO5S. The Morgan fingerprint density at radius 2 is 1.75 bits per heavy atom. The summed E-state index contributed by atoms with van der Waals surface area (Å²) in [6, 6.07) is 9.24. The Morgan fingerprint density at radius 3 is 2.39 bits per heavy atom. The Hall–Kier alpha value is -2.54. The van der Waals surface area contributed by atoms with Crippen molar-refractivity contribution in [1.29, 1.82) is 0 Å². The van der Waals surface area contributed by atoms with E-state index in [1.807, 2.05) is 38.1 Å². The number of carbonyl (C=O) groups excluding carboxylic acids is 2. The number of amides is 1. The molecule has 0 saturated carbocycles. The molecule has 28 heavy (non-hydrogen) atoms. The van der Waals surface area contributed by atoms with E-state index < -0.39 is 5.97 Å². The molecule has 6 nitrogen and oxygen atoms in total. The molecule has 1 aromatic heterocycles. The molecule has 1 heterocycles. The lowest BCUT2D eigenvalue weighted by Gasteiger charge is -2.11. The lowest BCUT2D eigenvalue weighted by Crippen LogP contribution is -2.15. The third-order valence-electron chi connectivity index (χ3n) is 3.83. The highest BCUT2D eigenvalue weighted by Crippen LogP contribution is 2.30. The summed E-state index contributed by atoms with van der Waals surface area (Å²) in [4.78, 5) is 25.4. The van der Waals surface area contributed by atoms with E-state index in [2.05, 4.69) is 5.32 Å². The first kappa shape index (κ1) is 21.8. The molecule has 0 bridgehead atoms. The molecular weight excluding hydrogens is 378 g/mol. The largest absolute Gasteiger partial charge is 0.490 e. The van der Waals surface area contributed by atoms with Gasteiger partial charge in [0.15, 0.2) is 11.5 Å². The maximum absolute atomic E-state index is 12.3. The molecule has 0 saturated heterocycles. The molecule has 2 aromatic rings. The van der Waals surface area contributed by atoms with Gasteiger partial charge in [0.2, 0.25) is 5.91 Å². The molecule has 0 fully saturated rings. The number of hydrogen-bond donors (Lipinski definition) is 1. The fraction of sp³-hybridized carbons (Fsp3) is 0.429. The van der Waals surface area contributed by atoms with Gasteiger partial charge in [-0.2, -0.15) is 0 Å². The topological polar surface area (TPSA) is 73.9 Å². The first-order valence-corrected chi connectivity index (χ1v) is 10.3. The van der Waals surface area contributed by atoms with Gasteiger partial charge in [-0.05, 0) is 44.9 Å². The smallest absolute Gasteiger partial charge is 0.341 e. The summed E-state index contributed by atoms with van der Waals surface area (Å²) < 4.78 is 16.3. The van der Waals surface area contributed by atoms with E-state index in [1.165, 1.54) is 11.3 Å². The van der Waals surface area contributed by atoms with Crippen LogP contribution in [0.1, 0.15) is 48.8 Å². The monoisotopic (exact) mass is 405 g/mol. The number of thiophene rings is 1. The van der Waals surface area contributed by atoms with Crippen LogP contribution in [0.2, 0.25) is 0 Å². The second-order valence-corrected chi connectivity index (χ2v) is 7.05. The lowest BCUT2D eigenvalue weighted by molar-refractivity contribution is -0.116. The number of nitrogens with one attached hydrogen (secondary N) is 1. The molecule has 1 N–H and O–H groups in total. The Labute approximate surface area is 169 Å². The van der Waals surface area contributed by atoms with Crippen LogP contribution in [0.5, 0.6) is 11.5 Å². The summed E-state index contributed by atoms with van der Waals surface area (Å²) in [5.74, 6) is 0.792. The van der Waals surface area contributed by atoms with E-state index in [4.69, 9.17) is 14.2 Å². The molecule has 0 aliphatic heterocycles. The molecule has 7 heteroatoms. The fourth-order valence-electron chi connectivity index (χ4n) is 2.52. The number of benzene rings is 1. The minimum atomic E-state index is -0.412. The highest BCUT2D eigenvalue weighted by atomic mass is 32.1. The van der Waals surface area contributed by atoms with Crippen molar-refractivity contribution in [2.45, 2.75) is 40.0 Å². The van der Waals surface area contributed by atoms with Gasteiger partial charge < -0.3 is 19.5 Å². The van der Waals surface area contributed by atoms with E-state index in [9.17, 15) is 9.59 Å². The molecule has 152 valence electrons. The van der Waals surface area contributed by atoms with Crippen LogP contribution in [0.25, 0.3) is 0 Å². The van der Waals surface area contributed by atoms with Gasteiger partial charge in [0.1, 0.15) is 5.00 Å². The normalized spacial score (nSPS) is 10.4. The average Bonchev–Trinajstić information content (AvgIpc) is 3.10. The van der Waals surface area contributed by atoms with Gasteiger partial charge in [0, 0.05) is 11.3 Å². The second kappa shape index (κ2) is 11.3. The number of ether oxygens (including phenoxy) is 3. The number of esters is 1. The molecule has 0 aliphatic rings. The van der Waals surface area contributed by atoms with Crippen LogP contribution in [-0.4, -0.2) is 31.7 Å². The first-order valence-electron chi connectivity index (χ1n) is 9.53. The van der Waals surface area contributed by atoms with E-state index in [1.54, 1.807) is 13.0 Å². The number of carbonyl (C=O) groups is 2. The number of aryl methyl sites for hydroxylation is 1. The third kappa shape index (κ3) is 6.27. The minimum absolute atomic E-state index is 0.156. The van der Waals surface area contributed by atoms with Crippen LogP contribution in [0, 0.1) is 0 Å². The van der Waals surface area contributed by atoms with E-state index in [0.717, 1.165) is 11.3 Å². The lowest BCUT2D eigenvalue weighted by atomic mass is 10.2. The maximum atomic E-state index is 12.3. The van der Waals surface area contributed by atoms with Gasteiger partial charge in [-0.25, -0.2) is 4.79 Å². The Morgan fingerprint density at radius 1 is 1.04 bits per heavy atom. The molecule has 0 radical (unpaired) electrons. The van der Waals surface area contributed by atoms with Crippen molar-refractivity contribution in [2.75, 3.05) is 25.1 Å². The Bertz CT molecular complexity index is 787. The van der Waals surface area contributed by atoms with Crippen molar-refractivity contribution in [3.8, 4) is 11.5 Å². The molecule has 0 unspecified atom stereocenters. The molecule has 1 aromatic carbocycles. The quantitative estimate of drug-likeness (QED) is 0.434. The van der Waals surface area contributed by atoms with Gasteiger partial charge >= 0.3 is 5.97 Å². The fourth-order valence-corrected chi connectivity index (χ4v) is 3.52. The van der Waals surface area contributed by atoms with Crippen LogP contribution in [0.3, 0.4) is 0 Å². The second-order valence-electron chi connectivity index (χ2n) is 5.91. The first-order chi connectivity index (χ1) is 13.6. The summed E-state index contributed by atoms with van der Waals surface area (Å²) in [7, 11) is 0. The van der Waals surface area contributed by atoms with Crippen molar-refractivity contribution in [3.05, 3.63) is 40.8 Å². The number of para-hydroxylation sites is 2. The van der Waals surface area contributed by atoms with E-state index >= 15 is 0 Å². The van der Waals surface area contributed by atoms with Crippen LogP contribution in [0.4, 0.5) is 5.00 Å². The molecule has 2 rings (SSSR count). The molecule has 1 amide bonds. The molecule has 0 aliphatic carbocycles. The zero-order valence-electron chi connectivity index (χ0n) is 16.6. The number of anilines is 1. The SMILES string of the molecule is CCOC(=O)c1cc(CC)sc1NC(=O)CCCOc1ccccc1OCC. The zero-order chi connectivity index (χ0) is 20.4. The van der Waals surface area contributed by atoms with E-state index in [-0.39, 0.29) is 5.91 Å². The van der Waals surface area contributed by atoms with Crippen LogP contribution < -0.4 is 14.8 Å². The zero-order valence-corrected chi connectivity index (χ0v) is 17.4. The highest BCUT2D eigenvalue weighted by Gasteiger charge is 2.18. The van der Waals surface area contributed by atoms with Gasteiger partial charge in [-0.1, -0.05) is 19.1 Å². The third-order valence-corrected chi connectivity index (χ3v) is 5.03. The summed E-state index contributed by atoms with van der Waals surface area (Å²) >= 11 is 1.40. The van der Waals surface area contributed by atoms with Gasteiger partial charge in [-0.3, -0.25) is 4.79 Å². The highest BCUT2D eigenvalue weighted by molar-refractivity contribution is 7.16. The predicted octanol–water partition coefficient (Wildman–Crippen LogP) is 4.68. The van der Waals surface area contributed by atoms with E-state index in [0.29, 0.717) is 54.7 Å². The number of hydrogen-bond acceptors (Lipinski definition) is 6. The van der Waals surface area contributed by atoms with Crippen LogP contribution in [0.15, 0.2) is 30.3 Å². The summed E-state index contributed by atoms with van der Waals surface area (Å²) in [5, 5.41) is 3.38. The van der Waals surface area contributed by atoms with Crippen LogP contribution in [-0.2, 0) is 16.0 Å². The minimum Gasteiger partial charge on any atom is -0.490 e. The van der Waals surface area contributed by atoms with Crippen molar-refractivity contribution >= 4 is 28.2 Å². The molecule has 0 atom stereocenters. The van der Waals surface area contributed by atoms with Crippen molar-refractivity contribution < 1.29 is 23.8 Å². The Balaban J connectivity index is 1.86. The summed E-state index contributed by atoms with van der Waals surface area (Å²) in [6.07, 6.45) is 1.63. The predicted molar refractivity (Wildman–Crippen MR) is 111 cm³/mol. The van der Waals surface area contributed by atoms with Crippen molar-refractivity contribution in [2.24, 2.45) is 0 Å². The average molecular weight is 406 g/mol. The van der Waals surface area contributed by atoms with Gasteiger partial charge in [-0.15, -0.1) is 11.3 Å².